The summed E-state index contributed by atoms with van der Waals surface area (Å²) in [6, 6.07) is 0. The average Bonchev–Trinajstić information content (AvgIpc) is 2.73. The van der Waals surface area contributed by atoms with Gasteiger partial charge in [0.15, 0.2) is 0 Å². The lowest BCUT2D eigenvalue weighted by Gasteiger charge is -2.31. The standard InChI is InChI=1S/C9H20N2O3Si/c1-5-9-10-6-7-11(9)8-15(12-2,13-3)14-4/h6,9H,5,7-8H2,1-4H3. The molecule has 1 rings (SSSR count). The summed E-state index contributed by atoms with van der Waals surface area (Å²) in [6.45, 7) is 2.97. The second-order valence-electron chi connectivity index (χ2n) is 3.45. The van der Waals surface area contributed by atoms with Crippen molar-refractivity contribution >= 4 is 15.0 Å². The van der Waals surface area contributed by atoms with Gasteiger partial charge in [0.1, 0.15) is 6.17 Å². The van der Waals surface area contributed by atoms with Crippen molar-refractivity contribution in [3.63, 3.8) is 0 Å². The SMILES string of the molecule is CCC1N=CCN1C[Si](OC)(OC)OC. The summed E-state index contributed by atoms with van der Waals surface area (Å²) < 4.78 is 16.2. The first kappa shape index (κ1) is 12.8. The molecule has 0 aromatic carbocycles. The molecule has 0 bridgehead atoms. The highest BCUT2D eigenvalue weighted by atomic mass is 28.4. The molecule has 0 aliphatic carbocycles. The molecule has 1 aliphatic heterocycles. The van der Waals surface area contributed by atoms with Crippen molar-refractivity contribution in [2.24, 2.45) is 4.99 Å². The monoisotopic (exact) mass is 232 g/mol. The van der Waals surface area contributed by atoms with Crippen LogP contribution in [0, 0.1) is 0 Å². The van der Waals surface area contributed by atoms with Gasteiger partial charge in [0.25, 0.3) is 0 Å². The summed E-state index contributed by atoms with van der Waals surface area (Å²) >= 11 is 0. The highest BCUT2D eigenvalue weighted by Gasteiger charge is 2.42. The number of nitrogens with zero attached hydrogens (tertiary/aromatic N) is 2. The molecule has 0 spiro atoms. The predicted molar refractivity (Wildman–Crippen MR) is 60.9 cm³/mol. The molecule has 15 heavy (non-hydrogen) atoms. The van der Waals surface area contributed by atoms with Crippen LogP contribution in [0.25, 0.3) is 0 Å². The van der Waals surface area contributed by atoms with E-state index in [4.69, 9.17) is 13.3 Å². The Bertz CT molecular complexity index is 213. The Balaban J connectivity index is 2.58. The van der Waals surface area contributed by atoms with Crippen LogP contribution in [-0.2, 0) is 13.3 Å². The van der Waals surface area contributed by atoms with Gasteiger partial charge < -0.3 is 13.3 Å². The first-order valence-electron chi connectivity index (χ1n) is 5.12. The molecule has 0 aromatic rings. The van der Waals surface area contributed by atoms with Gasteiger partial charge in [-0.15, -0.1) is 0 Å². The molecule has 88 valence electrons. The maximum atomic E-state index is 5.39. The van der Waals surface area contributed by atoms with E-state index < -0.39 is 8.80 Å². The molecule has 1 unspecified atom stereocenters. The van der Waals surface area contributed by atoms with Crippen LogP contribution in [0.2, 0.25) is 0 Å². The first-order chi connectivity index (χ1) is 7.21. The number of hydrogen-bond acceptors (Lipinski definition) is 5. The molecule has 0 radical (unpaired) electrons. The minimum Gasteiger partial charge on any atom is -0.376 e. The Morgan fingerprint density at radius 1 is 1.33 bits per heavy atom. The van der Waals surface area contributed by atoms with Gasteiger partial charge in [-0.3, -0.25) is 9.89 Å². The van der Waals surface area contributed by atoms with Crippen LogP contribution in [0.1, 0.15) is 13.3 Å². The molecular formula is C9H20N2O3Si. The van der Waals surface area contributed by atoms with Crippen molar-refractivity contribution in [2.45, 2.75) is 19.5 Å². The van der Waals surface area contributed by atoms with E-state index in [9.17, 15) is 0 Å². The van der Waals surface area contributed by atoms with Crippen molar-refractivity contribution in [1.29, 1.82) is 0 Å². The molecule has 0 aromatic heterocycles. The molecule has 0 saturated carbocycles. The van der Waals surface area contributed by atoms with Crippen molar-refractivity contribution in [2.75, 3.05) is 34.0 Å². The van der Waals surface area contributed by atoms with Gasteiger partial charge >= 0.3 is 8.80 Å². The van der Waals surface area contributed by atoms with Gasteiger partial charge in [0.2, 0.25) is 0 Å². The number of rotatable bonds is 6. The van der Waals surface area contributed by atoms with Crippen LogP contribution in [0.15, 0.2) is 4.99 Å². The van der Waals surface area contributed by atoms with Crippen LogP contribution in [0.3, 0.4) is 0 Å². The third kappa shape index (κ3) is 2.85. The molecule has 5 nitrogen and oxygen atoms in total. The fraction of sp³-hybridized carbons (Fsp3) is 0.889. The Kier molecular flexibility index (Phi) is 4.87. The molecule has 0 saturated heterocycles. The van der Waals surface area contributed by atoms with E-state index in [0.717, 1.165) is 13.0 Å². The van der Waals surface area contributed by atoms with Gasteiger partial charge in [-0.25, -0.2) is 0 Å². The van der Waals surface area contributed by atoms with Crippen molar-refractivity contribution in [3.05, 3.63) is 0 Å². The molecule has 6 heteroatoms. The van der Waals surface area contributed by atoms with E-state index in [1.807, 2.05) is 6.21 Å². The zero-order valence-electron chi connectivity index (χ0n) is 9.90. The lowest BCUT2D eigenvalue weighted by molar-refractivity contribution is 0.0993. The molecule has 0 N–H and O–H groups in total. The smallest absolute Gasteiger partial charge is 0.376 e. The third-order valence-electron chi connectivity index (χ3n) is 2.71. The predicted octanol–water partition coefficient (Wildman–Crippen LogP) is 0.526. The molecule has 1 heterocycles. The van der Waals surface area contributed by atoms with Crippen LogP contribution < -0.4 is 0 Å². The molecule has 0 fully saturated rings. The summed E-state index contributed by atoms with van der Waals surface area (Å²) in [7, 11) is 2.41. The minimum absolute atomic E-state index is 0.248. The van der Waals surface area contributed by atoms with Crippen molar-refractivity contribution in [1.82, 2.24) is 4.90 Å². The van der Waals surface area contributed by atoms with Crippen molar-refractivity contribution < 1.29 is 13.3 Å². The summed E-state index contributed by atoms with van der Waals surface area (Å²) in [4.78, 5) is 6.60. The highest BCUT2D eigenvalue weighted by molar-refractivity contribution is 6.60. The van der Waals surface area contributed by atoms with Crippen LogP contribution in [0.5, 0.6) is 0 Å². The largest absolute Gasteiger partial charge is 0.515 e. The normalized spacial score (nSPS) is 22.5. The molecule has 1 atom stereocenters. The number of aliphatic imine (C=N–C) groups is 1. The summed E-state index contributed by atoms with van der Waals surface area (Å²) in [5.74, 6) is 0. The lowest BCUT2D eigenvalue weighted by atomic mass is 10.4. The Labute approximate surface area is 92.4 Å². The zero-order chi connectivity index (χ0) is 11.3. The highest BCUT2D eigenvalue weighted by Crippen LogP contribution is 2.15. The fourth-order valence-electron chi connectivity index (χ4n) is 1.72. The van der Waals surface area contributed by atoms with E-state index in [0.29, 0.717) is 6.17 Å². The quantitative estimate of drug-likeness (QED) is 0.626. The van der Waals surface area contributed by atoms with E-state index in [1.54, 1.807) is 21.3 Å². The molecule has 1 aliphatic rings. The lowest BCUT2D eigenvalue weighted by Crippen LogP contribution is -2.54. The summed E-state index contributed by atoms with van der Waals surface area (Å²) in [5.41, 5.74) is 0. The zero-order valence-corrected chi connectivity index (χ0v) is 10.9. The fourth-order valence-corrected chi connectivity index (χ4v) is 3.44. The van der Waals surface area contributed by atoms with Crippen molar-refractivity contribution in [3.8, 4) is 0 Å². The average molecular weight is 232 g/mol. The maximum Gasteiger partial charge on any atom is 0.515 e. The summed E-state index contributed by atoms with van der Waals surface area (Å²) in [6.07, 6.45) is 3.87. The van der Waals surface area contributed by atoms with Gasteiger partial charge in [-0.05, 0) is 6.42 Å². The molecule has 0 amide bonds. The van der Waals surface area contributed by atoms with E-state index >= 15 is 0 Å². The van der Waals surface area contributed by atoms with Gasteiger partial charge in [-0.2, -0.15) is 0 Å². The Morgan fingerprint density at radius 2 is 1.93 bits per heavy atom. The van der Waals surface area contributed by atoms with Gasteiger partial charge in [-0.1, -0.05) is 6.92 Å². The Morgan fingerprint density at radius 3 is 2.40 bits per heavy atom. The Hall–Kier alpha value is -0.273. The number of hydrogen-bond donors (Lipinski definition) is 0. The van der Waals surface area contributed by atoms with Gasteiger partial charge in [0, 0.05) is 34.1 Å². The van der Waals surface area contributed by atoms with E-state index in [1.165, 1.54) is 0 Å². The van der Waals surface area contributed by atoms with Crippen LogP contribution in [0.4, 0.5) is 0 Å². The van der Waals surface area contributed by atoms with E-state index in [2.05, 4.69) is 16.8 Å². The van der Waals surface area contributed by atoms with E-state index in [-0.39, 0.29) is 6.17 Å². The maximum absolute atomic E-state index is 5.39. The minimum atomic E-state index is -2.49. The first-order valence-corrected chi connectivity index (χ1v) is 7.05. The van der Waals surface area contributed by atoms with Gasteiger partial charge in [0.05, 0.1) is 6.17 Å². The third-order valence-corrected chi connectivity index (χ3v) is 5.37. The second kappa shape index (κ2) is 5.71. The molecular weight excluding hydrogens is 212 g/mol. The van der Waals surface area contributed by atoms with Crippen LogP contribution in [-0.4, -0.2) is 60.1 Å². The van der Waals surface area contributed by atoms with Crippen LogP contribution >= 0.6 is 0 Å². The second-order valence-corrected chi connectivity index (χ2v) is 6.35. The topological polar surface area (TPSA) is 43.3 Å². The summed E-state index contributed by atoms with van der Waals surface area (Å²) in [5, 5.41) is 0.